The molecular formula is C44H34N4. The molecule has 0 aliphatic heterocycles. The predicted octanol–water partition coefficient (Wildman–Crippen LogP) is 10.8. The summed E-state index contributed by atoms with van der Waals surface area (Å²) in [6, 6.07) is 42.5. The van der Waals surface area contributed by atoms with Crippen LogP contribution in [0.15, 0.2) is 121 Å². The molecule has 6 aromatic rings. The second-order valence-corrected chi connectivity index (χ2v) is 14.4. The number of rotatable bonds is 4. The maximum absolute atomic E-state index is 8.09. The summed E-state index contributed by atoms with van der Waals surface area (Å²) in [6.45, 7) is 8.09. The van der Waals surface area contributed by atoms with Gasteiger partial charge in [0.05, 0.1) is 6.57 Å². The Morgan fingerprint density at radius 1 is 0.500 bits per heavy atom. The van der Waals surface area contributed by atoms with E-state index < -0.39 is 0 Å². The highest BCUT2D eigenvalue weighted by atomic mass is 15.0. The van der Waals surface area contributed by atoms with Crippen LogP contribution in [0.3, 0.4) is 0 Å². The third-order valence-electron chi connectivity index (χ3n) is 11.9. The van der Waals surface area contributed by atoms with Crippen molar-refractivity contribution in [1.29, 1.82) is 0 Å². The molecule has 5 aromatic carbocycles. The van der Waals surface area contributed by atoms with Gasteiger partial charge in [-0.1, -0.05) is 109 Å². The number of nitrogens with zero attached hydrogens (tertiary/aromatic N) is 4. The Balaban J connectivity index is 1.12. The molecule has 11 rings (SSSR count). The zero-order chi connectivity index (χ0) is 31.8. The van der Waals surface area contributed by atoms with E-state index in [1.54, 1.807) is 0 Å². The van der Waals surface area contributed by atoms with E-state index in [9.17, 15) is 0 Å². The standard InChI is InChI=1S/C44H34N4/c1-45-39-17-9-16-37-40(39)36-19-18-32(26-38(36)44(37)34-21-27-20-28(23-34)24-35(44)22-27)31-14-8-15-33(25-31)43-47-41(29-10-4-2-5-11-29)46-42(48-43)30-12-6-3-7-13-30/h2-19,25-28,34-35H,20-24H2. The van der Waals surface area contributed by atoms with Crippen LogP contribution >= 0.6 is 0 Å². The minimum Gasteiger partial charge on any atom is -0.238 e. The summed E-state index contributed by atoms with van der Waals surface area (Å²) in [4.78, 5) is 19.0. The second kappa shape index (κ2) is 10.6. The average Bonchev–Trinajstić information content (AvgIpc) is 3.44. The minimum atomic E-state index is 0.00971. The van der Waals surface area contributed by atoms with Gasteiger partial charge in [-0.25, -0.2) is 19.8 Å². The Hall–Kier alpha value is -5.40. The quantitative estimate of drug-likeness (QED) is 0.185. The third kappa shape index (κ3) is 4.04. The first kappa shape index (κ1) is 27.7. The van der Waals surface area contributed by atoms with Crippen LogP contribution in [0.2, 0.25) is 0 Å². The molecule has 4 saturated carbocycles. The van der Waals surface area contributed by atoms with Crippen molar-refractivity contribution >= 4 is 5.69 Å². The van der Waals surface area contributed by atoms with E-state index in [2.05, 4.69) is 59.4 Å². The topological polar surface area (TPSA) is 43.0 Å². The van der Waals surface area contributed by atoms with Gasteiger partial charge in [-0.15, -0.1) is 0 Å². The number of benzene rings is 5. The van der Waals surface area contributed by atoms with Crippen LogP contribution in [-0.4, -0.2) is 15.0 Å². The lowest BCUT2D eigenvalue weighted by atomic mass is 9.43. The SMILES string of the molecule is [C-]#[N+]c1cccc2c1-c1ccc(-c3cccc(-c4nc(-c5ccccc5)nc(-c5ccccc5)n4)c3)cc1C21C2CC3CC(C2)CC1C3. The van der Waals surface area contributed by atoms with Crippen molar-refractivity contribution in [1.82, 2.24) is 15.0 Å². The van der Waals surface area contributed by atoms with Gasteiger partial charge in [0.15, 0.2) is 23.2 Å². The molecule has 1 spiro atoms. The van der Waals surface area contributed by atoms with Gasteiger partial charge in [-0.3, -0.25) is 0 Å². The molecule has 0 unspecified atom stereocenters. The minimum absolute atomic E-state index is 0.00971. The molecule has 4 heteroatoms. The fourth-order valence-electron chi connectivity index (χ4n) is 10.3. The summed E-state index contributed by atoms with van der Waals surface area (Å²) in [5.41, 5.74) is 11.4. The Kier molecular flexibility index (Phi) is 6.09. The molecule has 0 saturated heterocycles. The van der Waals surface area contributed by atoms with Gasteiger partial charge < -0.3 is 0 Å². The van der Waals surface area contributed by atoms with Crippen LogP contribution < -0.4 is 0 Å². The van der Waals surface area contributed by atoms with E-state index in [-0.39, 0.29) is 5.41 Å². The van der Waals surface area contributed by atoms with Crippen molar-refractivity contribution < 1.29 is 0 Å². The lowest BCUT2D eigenvalue weighted by molar-refractivity contribution is -0.0399. The lowest BCUT2D eigenvalue weighted by Gasteiger charge is -2.61. The number of hydrogen-bond donors (Lipinski definition) is 0. The van der Waals surface area contributed by atoms with Gasteiger partial charge >= 0.3 is 0 Å². The summed E-state index contributed by atoms with van der Waals surface area (Å²) in [5.74, 6) is 5.04. The highest BCUT2D eigenvalue weighted by Gasteiger charge is 2.61. The Labute approximate surface area is 281 Å². The number of fused-ring (bicyclic) bond motifs is 3. The van der Waals surface area contributed by atoms with Gasteiger partial charge in [-0.05, 0) is 101 Å². The number of aromatic nitrogens is 3. The lowest BCUT2D eigenvalue weighted by Crippen LogP contribution is -2.55. The molecule has 4 nitrogen and oxygen atoms in total. The summed E-state index contributed by atoms with van der Waals surface area (Å²) in [5, 5.41) is 0. The van der Waals surface area contributed by atoms with Crippen LogP contribution in [0.4, 0.5) is 5.69 Å². The second-order valence-electron chi connectivity index (χ2n) is 14.4. The van der Waals surface area contributed by atoms with E-state index in [4.69, 9.17) is 21.5 Å². The van der Waals surface area contributed by atoms with Crippen LogP contribution in [0, 0.1) is 30.2 Å². The molecule has 0 radical (unpaired) electrons. The van der Waals surface area contributed by atoms with Crippen molar-refractivity contribution in [2.75, 3.05) is 0 Å². The summed E-state index contributed by atoms with van der Waals surface area (Å²) >= 11 is 0. The summed E-state index contributed by atoms with van der Waals surface area (Å²) in [7, 11) is 0. The molecule has 0 amide bonds. The molecule has 5 aliphatic carbocycles. The van der Waals surface area contributed by atoms with Gasteiger partial charge in [-0.2, -0.15) is 0 Å². The first-order valence-electron chi connectivity index (χ1n) is 17.3. The highest BCUT2D eigenvalue weighted by molar-refractivity contribution is 5.92. The molecule has 48 heavy (non-hydrogen) atoms. The largest absolute Gasteiger partial charge is 0.238 e. The summed E-state index contributed by atoms with van der Waals surface area (Å²) < 4.78 is 0. The molecule has 4 fully saturated rings. The average molecular weight is 619 g/mol. The zero-order valence-corrected chi connectivity index (χ0v) is 26.7. The van der Waals surface area contributed by atoms with Crippen LogP contribution in [0.25, 0.3) is 61.3 Å². The molecule has 4 bridgehead atoms. The van der Waals surface area contributed by atoms with E-state index >= 15 is 0 Å². The van der Waals surface area contributed by atoms with Crippen molar-refractivity contribution in [3.05, 3.63) is 144 Å². The smallest absolute Gasteiger partial charge is 0.195 e. The van der Waals surface area contributed by atoms with Crippen LogP contribution in [0.1, 0.15) is 43.2 Å². The Morgan fingerprint density at radius 2 is 1.04 bits per heavy atom. The molecule has 1 aromatic heterocycles. The van der Waals surface area contributed by atoms with Gasteiger partial charge in [0.1, 0.15) is 0 Å². The van der Waals surface area contributed by atoms with E-state index in [0.717, 1.165) is 39.8 Å². The molecule has 5 aliphatic rings. The summed E-state index contributed by atoms with van der Waals surface area (Å²) in [6.07, 6.45) is 6.70. The first-order chi connectivity index (χ1) is 23.7. The molecule has 0 N–H and O–H groups in total. The van der Waals surface area contributed by atoms with Crippen molar-refractivity contribution in [2.24, 2.45) is 23.7 Å². The maximum Gasteiger partial charge on any atom is 0.195 e. The van der Waals surface area contributed by atoms with Crippen molar-refractivity contribution in [3.8, 4) is 56.4 Å². The fraction of sp³-hybridized carbons (Fsp3) is 0.227. The van der Waals surface area contributed by atoms with Gasteiger partial charge in [0.2, 0.25) is 0 Å². The highest BCUT2D eigenvalue weighted by Crippen LogP contribution is 2.70. The number of hydrogen-bond acceptors (Lipinski definition) is 3. The molecule has 230 valence electrons. The Bertz CT molecular complexity index is 2180. The van der Waals surface area contributed by atoms with Crippen molar-refractivity contribution in [2.45, 2.75) is 37.5 Å². The van der Waals surface area contributed by atoms with Gasteiger partial charge in [0.25, 0.3) is 0 Å². The molecular weight excluding hydrogens is 585 g/mol. The molecule has 1 heterocycles. The maximum atomic E-state index is 8.09. The van der Waals surface area contributed by atoms with E-state index in [1.807, 2.05) is 66.7 Å². The Morgan fingerprint density at radius 3 is 1.67 bits per heavy atom. The normalized spacial score (nSPS) is 24.3. The van der Waals surface area contributed by atoms with Crippen LogP contribution in [-0.2, 0) is 5.41 Å². The van der Waals surface area contributed by atoms with E-state index in [0.29, 0.717) is 29.3 Å². The van der Waals surface area contributed by atoms with Gasteiger partial charge in [0, 0.05) is 22.1 Å². The van der Waals surface area contributed by atoms with Crippen LogP contribution in [0.5, 0.6) is 0 Å². The molecule has 0 atom stereocenters. The zero-order valence-electron chi connectivity index (χ0n) is 26.7. The van der Waals surface area contributed by atoms with Crippen molar-refractivity contribution in [3.63, 3.8) is 0 Å². The third-order valence-corrected chi connectivity index (χ3v) is 11.9. The first-order valence-corrected chi connectivity index (χ1v) is 17.3. The van der Waals surface area contributed by atoms with E-state index in [1.165, 1.54) is 59.9 Å². The fourth-order valence-corrected chi connectivity index (χ4v) is 10.3. The predicted molar refractivity (Wildman–Crippen MR) is 191 cm³/mol. The monoisotopic (exact) mass is 618 g/mol.